The molecule has 1 N–H and O–H groups in total. The molecule has 90 valence electrons. The zero-order chi connectivity index (χ0) is 12.7. The molecule has 0 bridgehead atoms. The molecular weight excluding hydrogens is 230 g/mol. The van der Waals surface area contributed by atoms with Crippen molar-refractivity contribution in [2.24, 2.45) is 0 Å². The van der Waals surface area contributed by atoms with E-state index in [1.165, 1.54) is 6.33 Å². The second-order valence-electron chi connectivity index (χ2n) is 4.20. The standard InChI is InChI=1S/C12H11N5O/c1-7-3-4-8(2)9(5-7)17-11-10(15-16-17)12(18)14-6-13-11/h3-6H,1-2H3,(H,13,14,18). The molecule has 0 saturated carbocycles. The first-order valence-corrected chi connectivity index (χ1v) is 5.53. The Morgan fingerprint density at radius 1 is 1.28 bits per heavy atom. The molecule has 0 spiro atoms. The first-order valence-electron chi connectivity index (χ1n) is 5.53. The van der Waals surface area contributed by atoms with Gasteiger partial charge in [0, 0.05) is 0 Å². The van der Waals surface area contributed by atoms with E-state index in [0.29, 0.717) is 5.65 Å². The van der Waals surface area contributed by atoms with Gasteiger partial charge in [-0.3, -0.25) is 4.79 Å². The summed E-state index contributed by atoms with van der Waals surface area (Å²) >= 11 is 0. The van der Waals surface area contributed by atoms with Crippen LogP contribution >= 0.6 is 0 Å². The number of aryl methyl sites for hydroxylation is 2. The van der Waals surface area contributed by atoms with E-state index < -0.39 is 0 Å². The molecule has 0 aliphatic carbocycles. The summed E-state index contributed by atoms with van der Waals surface area (Å²) in [5.74, 6) is 0. The van der Waals surface area contributed by atoms with E-state index >= 15 is 0 Å². The van der Waals surface area contributed by atoms with Gasteiger partial charge in [-0.15, -0.1) is 5.10 Å². The lowest BCUT2D eigenvalue weighted by Crippen LogP contribution is -2.07. The van der Waals surface area contributed by atoms with E-state index in [0.717, 1.165) is 16.8 Å². The first-order chi connectivity index (χ1) is 8.66. The van der Waals surface area contributed by atoms with Crippen LogP contribution in [0.15, 0.2) is 29.3 Å². The van der Waals surface area contributed by atoms with Crippen LogP contribution in [0, 0.1) is 13.8 Å². The average molecular weight is 241 g/mol. The number of hydrogen-bond donors (Lipinski definition) is 1. The maximum Gasteiger partial charge on any atom is 0.280 e. The highest BCUT2D eigenvalue weighted by molar-refractivity contribution is 5.70. The van der Waals surface area contributed by atoms with Crippen LogP contribution in [0.1, 0.15) is 11.1 Å². The summed E-state index contributed by atoms with van der Waals surface area (Å²) in [5, 5.41) is 7.88. The van der Waals surface area contributed by atoms with Crippen molar-refractivity contribution in [1.29, 1.82) is 0 Å². The zero-order valence-electron chi connectivity index (χ0n) is 10.0. The molecule has 6 heteroatoms. The Morgan fingerprint density at radius 3 is 2.94 bits per heavy atom. The van der Waals surface area contributed by atoms with Gasteiger partial charge in [0.1, 0.15) is 0 Å². The zero-order valence-corrected chi connectivity index (χ0v) is 10.0. The number of benzene rings is 1. The van der Waals surface area contributed by atoms with Gasteiger partial charge < -0.3 is 4.98 Å². The topological polar surface area (TPSA) is 76.5 Å². The molecule has 0 fully saturated rings. The highest BCUT2D eigenvalue weighted by atomic mass is 16.1. The van der Waals surface area contributed by atoms with Crippen molar-refractivity contribution in [2.75, 3.05) is 0 Å². The fourth-order valence-corrected chi connectivity index (χ4v) is 1.87. The predicted octanol–water partition coefficient (Wildman–Crippen LogP) is 1.12. The van der Waals surface area contributed by atoms with Gasteiger partial charge in [-0.05, 0) is 31.0 Å². The van der Waals surface area contributed by atoms with Gasteiger partial charge >= 0.3 is 0 Å². The van der Waals surface area contributed by atoms with E-state index in [-0.39, 0.29) is 11.1 Å². The van der Waals surface area contributed by atoms with Gasteiger partial charge in [0.25, 0.3) is 5.56 Å². The summed E-state index contributed by atoms with van der Waals surface area (Å²) in [6.45, 7) is 3.98. The number of H-pyrrole nitrogens is 1. The molecule has 3 aromatic rings. The lowest BCUT2D eigenvalue weighted by molar-refractivity contribution is 0.811. The molecule has 0 aliphatic heterocycles. The molecule has 1 aromatic carbocycles. The molecule has 0 unspecified atom stereocenters. The molecule has 0 aliphatic rings. The highest BCUT2D eigenvalue weighted by Gasteiger charge is 2.12. The minimum Gasteiger partial charge on any atom is -0.311 e. The Bertz CT molecular complexity index is 787. The van der Waals surface area contributed by atoms with Gasteiger partial charge in [-0.2, -0.15) is 4.68 Å². The lowest BCUT2D eigenvalue weighted by Gasteiger charge is -2.06. The summed E-state index contributed by atoms with van der Waals surface area (Å²) in [6.07, 6.45) is 1.36. The summed E-state index contributed by atoms with van der Waals surface area (Å²) in [4.78, 5) is 18.2. The molecule has 18 heavy (non-hydrogen) atoms. The van der Waals surface area contributed by atoms with Crippen LogP contribution in [0.4, 0.5) is 0 Å². The minimum atomic E-state index is -0.281. The van der Waals surface area contributed by atoms with E-state index in [9.17, 15) is 4.79 Å². The van der Waals surface area contributed by atoms with E-state index in [2.05, 4.69) is 20.3 Å². The number of rotatable bonds is 1. The van der Waals surface area contributed by atoms with Crippen molar-refractivity contribution < 1.29 is 0 Å². The van der Waals surface area contributed by atoms with Gasteiger partial charge in [0.15, 0.2) is 11.2 Å². The SMILES string of the molecule is Cc1ccc(C)c(-n2nnc3c(=O)[nH]cnc32)c1. The Balaban J connectivity index is 2.36. The molecule has 2 heterocycles. The van der Waals surface area contributed by atoms with Gasteiger partial charge in [0.05, 0.1) is 12.0 Å². The Kier molecular flexibility index (Phi) is 2.22. The summed E-state index contributed by atoms with van der Waals surface area (Å²) < 4.78 is 1.59. The number of nitrogens with zero attached hydrogens (tertiary/aromatic N) is 4. The number of aromatic amines is 1. The summed E-state index contributed by atoms with van der Waals surface area (Å²) in [7, 11) is 0. The van der Waals surface area contributed by atoms with Gasteiger partial charge in [-0.1, -0.05) is 17.3 Å². The van der Waals surface area contributed by atoms with Gasteiger partial charge in [0.2, 0.25) is 0 Å². The fraction of sp³-hybridized carbons (Fsp3) is 0.167. The van der Waals surface area contributed by atoms with Crippen molar-refractivity contribution in [3.8, 4) is 5.69 Å². The number of aromatic nitrogens is 5. The Morgan fingerprint density at radius 2 is 2.11 bits per heavy atom. The third-order valence-corrected chi connectivity index (χ3v) is 2.84. The maximum atomic E-state index is 11.6. The first kappa shape index (κ1) is 10.6. The van der Waals surface area contributed by atoms with Crippen molar-refractivity contribution in [3.63, 3.8) is 0 Å². The van der Waals surface area contributed by atoms with Crippen LogP contribution in [0.5, 0.6) is 0 Å². The molecule has 6 nitrogen and oxygen atoms in total. The predicted molar refractivity (Wildman–Crippen MR) is 66.8 cm³/mol. The molecular formula is C12H11N5O. The van der Waals surface area contributed by atoms with Crippen LogP contribution in [-0.4, -0.2) is 25.0 Å². The van der Waals surface area contributed by atoms with Crippen molar-refractivity contribution in [1.82, 2.24) is 25.0 Å². The minimum absolute atomic E-state index is 0.249. The summed E-state index contributed by atoms with van der Waals surface area (Å²) in [5.41, 5.74) is 3.48. The quantitative estimate of drug-likeness (QED) is 0.692. The monoisotopic (exact) mass is 241 g/mol. The van der Waals surface area contributed by atoms with Crippen molar-refractivity contribution in [2.45, 2.75) is 13.8 Å². The molecule has 3 rings (SSSR count). The molecule has 0 amide bonds. The average Bonchev–Trinajstić information content (AvgIpc) is 2.77. The Hall–Kier alpha value is -2.50. The molecule has 0 radical (unpaired) electrons. The van der Waals surface area contributed by atoms with E-state index in [1.807, 2.05) is 32.0 Å². The highest BCUT2D eigenvalue weighted by Crippen LogP contribution is 2.17. The fourth-order valence-electron chi connectivity index (χ4n) is 1.87. The van der Waals surface area contributed by atoms with E-state index in [1.54, 1.807) is 4.68 Å². The smallest absolute Gasteiger partial charge is 0.280 e. The normalized spacial score (nSPS) is 11.0. The second-order valence-corrected chi connectivity index (χ2v) is 4.20. The van der Waals surface area contributed by atoms with Crippen molar-refractivity contribution in [3.05, 3.63) is 46.0 Å². The third-order valence-electron chi connectivity index (χ3n) is 2.84. The Labute approximate surface area is 102 Å². The summed E-state index contributed by atoms with van der Waals surface area (Å²) in [6, 6.07) is 6.02. The molecule has 0 atom stereocenters. The number of nitrogens with one attached hydrogen (secondary N) is 1. The molecule has 2 aromatic heterocycles. The van der Waals surface area contributed by atoms with Crippen LogP contribution in [0.3, 0.4) is 0 Å². The third kappa shape index (κ3) is 1.50. The lowest BCUT2D eigenvalue weighted by atomic mass is 10.1. The van der Waals surface area contributed by atoms with Crippen molar-refractivity contribution >= 4 is 11.2 Å². The van der Waals surface area contributed by atoms with E-state index in [4.69, 9.17) is 0 Å². The molecule has 0 saturated heterocycles. The largest absolute Gasteiger partial charge is 0.311 e. The van der Waals surface area contributed by atoms with Gasteiger partial charge in [-0.25, -0.2) is 4.98 Å². The van der Waals surface area contributed by atoms with Crippen LogP contribution < -0.4 is 5.56 Å². The van der Waals surface area contributed by atoms with Crippen LogP contribution in [0.25, 0.3) is 16.9 Å². The number of hydrogen-bond acceptors (Lipinski definition) is 4. The maximum absolute atomic E-state index is 11.6. The van der Waals surface area contributed by atoms with Crippen LogP contribution in [0.2, 0.25) is 0 Å². The second kappa shape index (κ2) is 3.76. The van der Waals surface area contributed by atoms with Crippen LogP contribution in [-0.2, 0) is 0 Å². The number of fused-ring (bicyclic) bond motifs is 1.